The summed E-state index contributed by atoms with van der Waals surface area (Å²) in [5.74, 6) is 1.42. The first-order chi connectivity index (χ1) is 6.26. The Bertz CT molecular complexity index is 126. The number of hydrogen-bond acceptors (Lipinski definition) is 2. The number of nitrogens with zero attached hydrogens (tertiary/aromatic N) is 1. The van der Waals surface area contributed by atoms with Crippen molar-refractivity contribution in [1.82, 2.24) is 4.90 Å². The molecule has 0 aromatic rings. The van der Waals surface area contributed by atoms with Gasteiger partial charge in [0, 0.05) is 6.61 Å². The first-order valence-corrected chi connectivity index (χ1v) is 5.55. The molecule has 2 heteroatoms. The molecule has 1 aliphatic heterocycles. The van der Waals surface area contributed by atoms with E-state index < -0.39 is 0 Å². The monoisotopic (exact) mass is 185 g/mol. The Morgan fingerprint density at radius 3 is 2.46 bits per heavy atom. The van der Waals surface area contributed by atoms with Gasteiger partial charge in [-0.25, -0.2) is 0 Å². The Morgan fingerprint density at radius 1 is 1.38 bits per heavy atom. The van der Waals surface area contributed by atoms with Crippen molar-refractivity contribution in [1.29, 1.82) is 0 Å². The van der Waals surface area contributed by atoms with Crippen LogP contribution < -0.4 is 0 Å². The summed E-state index contributed by atoms with van der Waals surface area (Å²) < 4.78 is 0. The Kier molecular flexibility index (Phi) is 4.74. The van der Waals surface area contributed by atoms with Gasteiger partial charge < -0.3 is 10.0 Å². The average molecular weight is 185 g/mol. The highest BCUT2D eigenvalue weighted by molar-refractivity contribution is 4.72. The summed E-state index contributed by atoms with van der Waals surface area (Å²) in [6.07, 6.45) is 5.02. The number of hydrogen-bond donors (Lipinski definition) is 1. The van der Waals surface area contributed by atoms with Crippen LogP contribution in [0.3, 0.4) is 0 Å². The zero-order chi connectivity index (χ0) is 9.68. The van der Waals surface area contributed by atoms with E-state index in [1.807, 2.05) is 0 Å². The lowest BCUT2D eigenvalue weighted by Crippen LogP contribution is -2.31. The Hall–Kier alpha value is -0.0800. The predicted octanol–water partition coefficient (Wildman–Crippen LogP) is 1.74. The van der Waals surface area contributed by atoms with E-state index in [4.69, 9.17) is 5.11 Å². The van der Waals surface area contributed by atoms with Gasteiger partial charge >= 0.3 is 0 Å². The molecule has 0 bridgehead atoms. The molecule has 1 aliphatic rings. The molecular weight excluding hydrogens is 162 g/mol. The third-order valence-corrected chi connectivity index (χ3v) is 3.34. The average Bonchev–Trinajstić information content (AvgIpc) is 2.17. The van der Waals surface area contributed by atoms with Gasteiger partial charge in [0.2, 0.25) is 0 Å². The number of piperidine rings is 1. The van der Waals surface area contributed by atoms with Crippen molar-refractivity contribution >= 4 is 0 Å². The minimum atomic E-state index is 0.378. The lowest BCUT2D eigenvalue weighted by atomic mass is 9.86. The molecule has 78 valence electrons. The van der Waals surface area contributed by atoms with Crippen LogP contribution in [0.2, 0.25) is 0 Å². The van der Waals surface area contributed by atoms with Crippen LogP contribution in [0.25, 0.3) is 0 Å². The summed E-state index contributed by atoms with van der Waals surface area (Å²) >= 11 is 0. The molecule has 0 aromatic heterocycles. The van der Waals surface area contributed by atoms with Crippen LogP contribution in [0.5, 0.6) is 0 Å². The van der Waals surface area contributed by atoms with Gasteiger partial charge in [0.25, 0.3) is 0 Å². The minimum absolute atomic E-state index is 0.378. The van der Waals surface area contributed by atoms with Gasteiger partial charge in [0.1, 0.15) is 0 Å². The fourth-order valence-electron chi connectivity index (χ4n) is 2.14. The summed E-state index contributed by atoms with van der Waals surface area (Å²) in [5.41, 5.74) is 0. The molecule has 1 atom stereocenters. The molecule has 1 saturated heterocycles. The Labute approximate surface area is 81.9 Å². The van der Waals surface area contributed by atoms with E-state index >= 15 is 0 Å². The number of likely N-dealkylation sites (tertiary alicyclic amines) is 1. The van der Waals surface area contributed by atoms with Crippen LogP contribution in [0.4, 0.5) is 0 Å². The lowest BCUT2D eigenvalue weighted by Gasteiger charge is -2.30. The quantitative estimate of drug-likeness (QED) is 0.721. The van der Waals surface area contributed by atoms with Crippen LogP contribution in [-0.2, 0) is 0 Å². The Balaban J connectivity index is 2.21. The van der Waals surface area contributed by atoms with Crippen molar-refractivity contribution in [3.63, 3.8) is 0 Å². The van der Waals surface area contributed by atoms with Crippen LogP contribution in [0.15, 0.2) is 0 Å². The van der Waals surface area contributed by atoms with Gasteiger partial charge in [-0.3, -0.25) is 0 Å². The maximum atomic E-state index is 9.10. The molecule has 1 rings (SSSR count). The number of aliphatic hydroxyl groups excluding tert-OH is 1. The van der Waals surface area contributed by atoms with Crippen molar-refractivity contribution < 1.29 is 5.11 Å². The second-order valence-corrected chi connectivity index (χ2v) is 4.44. The van der Waals surface area contributed by atoms with Crippen molar-refractivity contribution in [3.05, 3.63) is 0 Å². The summed E-state index contributed by atoms with van der Waals surface area (Å²) in [6.45, 7) is 5.04. The zero-order valence-corrected chi connectivity index (χ0v) is 9.00. The molecule has 0 aromatic carbocycles. The molecular formula is C11H23NO. The molecule has 1 N–H and O–H groups in total. The minimum Gasteiger partial charge on any atom is -0.396 e. The summed E-state index contributed by atoms with van der Waals surface area (Å²) in [4.78, 5) is 2.40. The molecule has 1 unspecified atom stereocenters. The van der Waals surface area contributed by atoms with Crippen molar-refractivity contribution in [3.8, 4) is 0 Å². The van der Waals surface area contributed by atoms with E-state index in [9.17, 15) is 0 Å². The largest absolute Gasteiger partial charge is 0.396 e. The number of aliphatic hydroxyl groups is 1. The zero-order valence-electron chi connectivity index (χ0n) is 9.00. The maximum Gasteiger partial charge on any atom is 0.0459 e. The Morgan fingerprint density at radius 2 is 2.00 bits per heavy atom. The highest BCUT2D eigenvalue weighted by atomic mass is 16.3. The third-order valence-electron chi connectivity index (χ3n) is 3.34. The fraction of sp³-hybridized carbons (Fsp3) is 1.00. The smallest absolute Gasteiger partial charge is 0.0459 e. The van der Waals surface area contributed by atoms with Gasteiger partial charge in [0.15, 0.2) is 0 Å². The second kappa shape index (κ2) is 5.61. The van der Waals surface area contributed by atoms with E-state index in [2.05, 4.69) is 18.9 Å². The van der Waals surface area contributed by atoms with E-state index in [0.29, 0.717) is 12.5 Å². The molecule has 0 radical (unpaired) electrons. The highest BCUT2D eigenvalue weighted by Crippen LogP contribution is 2.24. The van der Waals surface area contributed by atoms with Gasteiger partial charge in [-0.2, -0.15) is 0 Å². The third kappa shape index (κ3) is 3.65. The van der Waals surface area contributed by atoms with Crippen LogP contribution >= 0.6 is 0 Å². The van der Waals surface area contributed by atoms with Crippen molar-refractivity contribution in [2.24, 2.45) is 11.8 Å². The summed E-state index contributed by atoms with van der Waals surface area (Å²) in [7, 11) is 2.19. The van der Waals surface area contributed by atoms with Gasteiger partial charge in [-0.1, -0.05) is 13.3 Å². The summed E-state index contributed by atoms with van der Waals surface area (Å²) in [6, 6.07) is 0. The fourth-order valence-corrected chi connectivity index (χ4v) is 2.14. The van der Waals surface area contributed by atoms with E-state index in [1.54, 1.807) is 0 Å². The van der Waals surface area contributed by atoms with Crippen LogP contribution in [0.1, 0.15) is 32.6 Å². The SMILES string of the molecule is CCC(CO)CC1CCN(C)CC1. The van der Waals surface area contributed by atoms with Crippen LogP contribution in [0, 0.1) is 11.8 Å². The molecule has 13 heavy (non-hydrogen) atoms. The van der Waals surface area contributed by atoms with Crippen molar-refractivity contribution in [2.45, 2.75) is 32.6 Å². The van der Waals surface area contributed by atoms with Gasteiger partial charge in [-0.15, -0.1) is 0 Å². The normalized spacial score (nSPS) is 23.3. The van der Waals surface area contributed by atoms with E-state index in [0.717, 1.165) is 12.3 Å². The molecule has 0 spiro atoms. The van der Waals surface area contributed by atoms with E-state index in [-0.39, 0.29) is 0 Å². The standard InChI is InChI=1S/C11H23NO/c1-3-10(9-13)8-11-4-6-12(2)7-5-11/h10-11,13H,3-9H2,1-2H3. The predicted molar refractivity (Wildman–Crippen MR) is 55.7 cm³/mol. The summed E-state index contributed by atoms with van der Waals surface area (Å²) in [5, 5.41) is 9.10. The number of rotatable bonds is 4. The van der Waals surface area contributed by atoms with Gasteiger partial charge in [-0.05, 0) is 51.2 Å². The molecule has 1 fully saturated rings. The lowest BCUT2D eigenvalue weighted by molar-refractivity contribution is 0.156. The highest BCUT2D eigenvalue weighted by Gasteiger charge is 2.19. The van der Waals surface area contributed by atoms with Crippen LogP contribution in [-0.4, -0.2) is 36.8 Å². The maximum absolute atomic E-state index is 9.10. The first-order valence-electron chi connectivity index (χ1n) is 5.55. The van der Waals surface area contributed by atoms with Gasteiger partial charge in [0.05, 0.1) is 0 Å². The van der Waals surface area contributed by atoms with E-state index in [1.165, 1.54) is 32.4 Å². The molecule has 1 heterocycles. The molecule has 2 nitrogen and oxygen atoms in total. The second-order valence-electron chi connectivity index (χ2n) is 4.44. The molecule has 0 saturated carbocycles. The topological polar surface area (TPSA) is 23.5 Å². The molecule has 0 amide bonds. The molecule has 0 aliphatic carbocycles. The van der Waals surface area contributed by atoms with Crippen molar-refractivity contribution in [2.75, 3.05) is 26.7 Å². The first kappa shape index (κ1) is 11.0.